The minimum Gasteiger partial charge on any atom is -0.756 e. The predicted octanol–water partition coefficient (Wildman–Crippen LogP) is 10.8. The van der Waals surface area contributed by atoms with Crippen molar-refractivity contribution < 1.29 is 52.3 Å². The van der Waals surface area contributed by atoms with Crippen molar-refractivity contribution in [3.8, 4) is 0 Å². The van der Waals surface area contributed by atoms with Crippen LogP contribution in [0.1, 0.15) is 181 Å². The summed E-state index contributed by atoms with van der Waals surface area (Å²) in [7, 11) is 0.987. The monoisotopic (exact) mass is 870 g/mol. The van der Waals surface area contributed by atoms with E-state index in [1.807, 2.05) is 39.4 Å². The van der Waals surface area contributed by atoms with Crippen molar-refractivity contribution in [3.05, 3.63) is 48.6 Å². The molecular formula is C48H88NO10P. The number of hydrogen-bond donors (Lipinski definition) is 2. The average Bonchev–Trinajstić information content (AvgIpc) is 3.19. The van der Waals surface area contributed by atoms with E-state index in [9.17, 15) is 29.3 Å². The molecular weight excluding hydrogens is 781 g/mol. The lowest BCUT2D eigenvalue weighted by atomic mass is 10.0. The zero-order valence-corrected chi connectivity index (χ0v) is 39.5. The maximum absolute atomic E-state index is 12.7. The molecule has 0 aromatic rings. The lowest BCUT2D eigenvalue weighted by molar-refractivity contribution is -0.870. The SMILES string of the molecule is CC/C=C\C/C=C\C/C=C\C/C=C\C[C@@H](O)[C@H](O)CCCC(=O)O[C@H](COC(=O)CCCCCCCCCCCCCCCCCCC)COP(=O)([O-])OCC[N+](C)(C)C. The number of hydrogen-bond acceptors (Lipinski definition) is 10. The molecule has 350 valence electrons. The van der Waals surface area contributed by atoms with Crippen LogP contribution in [0.2, 0.25) is 0 Å². The number of carbonyl (C=O) groups is 2. The number of esters is 2. The highest BCUT2D eigenvalue weighted by atomic mass is 31.2. The second-order valence-corrected chi connectivity index (χ2v) is 18.5. The third-order valence-electron chi connectivity index (χ3n) is 10.1. The van der Waals surface area contributed by atoms with Gasteiger partial charge in [-0.3, -0.25) is 14.2 Å². The minimum atomic E-state index is -4.71. The Bertz CT molecular complexity index is 1200. The lowest BCUT2D eigenvalue weighted by Gasteiger charge is -2.28. The molecule has 0 saturated carbocycles. The van der Waals surface area contributed by atoms with E-state index in [2.05, 4.69) is 44.2 Å². The predicted molar refractivity (Wildman–Crippen MR) is 243 cm³/mol. The normalized spacial score (nSPS) is 15.0. The van der Waals surface area contributed by atoms with Crippen molar-refractivity contribution in [1.82, 2.24) is 0 Å². The van der Waals surface area contributed by atoms with Crippen LogP contribution in [-0.4, -0.2) is 92.5 Å². The van der Waals surface area contributed by atoms with Crippen LogP contribution in [0.4, 0.5) is 0 Å². The first-order valence-corrected chi connectivity index (χ1v) is 25.0. The number of phosphoric acid groups is 1. The van der Waals surface area contributed by atoms with E-state index in [0.717, 1.165) is 44.9 Å². The maximum atomic E-state index is 12.7. The Hall–Kier alpha value is -2.11. The third-order valence-corrected chi connectivity index (χ3v) is 11.0. The number of aliphatic hydroxyl groups excluding tert-OH is 2. The standard InChI is InChI=1S/C48H88NO10P/c1-6-8-10-12-14-16-18-20-21-22-23-24-26-28-30-32-34-38-47(52)56-42-44(43-58-60(54,55)57-41-40-49(3,4)5)59-48(53)39-35-37-46(51)45(50)36-33-31-29-27-25-19-17-15-13-11-9-7-2/h9,11,15,17,25,27,31,33,44-46,50-51H,6-8,10,12-14,16,18-24,26,28-30,32,34-43H2,1-5H3/b11-9-,17-15-,27-25-,33-31-/t44-,45-,46-/m1/s1. The van der Waals surface area contributed by atoms with Crippen molar-refractivity contribution in [3.63, 3.8) is 0 Å². The van der Waals surface area contributed by atoms with E-state index in [1.54, 1.807) is 0 Å². The van der Waals surface area contributed by atoms with Gasteiger partial charge in [-0.25, -0.2) is 0 Å². The van der Waals surface area contributed by atoms with E-state index in [0.29, 0.717) is 17.4 Å². The summed E-state index contributed by atoms with van der Waals surface area (Å²) in [5.41, 5.74) is 0. The van der Waals surface area contributed by atoms with Crippen LogP contribution in [0.3, 0.4) is 0 Å². The number of quaternary nitrogens is 1. The van der Waals surface area contributed by atoms with Crippen molar-refractivity contribution in [2.24, 2.45) is 0 Å². The fraction of sp³-hybridized carbons (Fsp3) is 0.792. The number of ether oxygens (including phenoxy) is 2. The van der Waals surface area contributed by atoms with Gasteiger partial charge in [-0.1, -0.05) is 165 Å². The molecule has 1 unspecified atom stereocenters. The maximum Gasteiger partial charge on any atom is 0.306 e. The number of allylic oxidation sites excluding steroid dienone is 7. The molecule has 0 rings (SSSR count). The van der Waals surface area contributed by atoms with Gasteiger partial charge in [-0.15, -0.1) is 0 Å². The largest absolute Gasteiger partial charge is 0.756 e. The molecule has 2 N–H and O–H groups in total. The van der Waals surface area contributed by atoms with E-state index >= 15 is 0 Å². The Labute approximate surface area is 366 Å². The highest BCUT2D eigenvalue weighted by Crippen LogP contribution is 2.38. The highest BCUT2D eigenvalue weighted by Gasteiger charge is 2.22. The molecule has 0 aliphatic heterocycles. The summed E-state index contributed by atoms with van der Waals surface area (Å²) < 4.78 is 33.7. The van der Waals surface area contributed by atoms with Crippen LogP contribution in [0.15, 0.2) is 48.6 Å². The van der Waals surface area contributed by atoms with E-state index in [1.165, 1.54) is 83.5 Å². The molecule has 0 aromatic carbocycles. The lowest BCUT2D eigenvalue weighted by Crippen LogP contribution is -2.37. The molecule has 0 amide bonds. The molecule has 0 aliphatic carbocycles. The molecule has 11 nitrogen and oxygen atoms in total. The van der Waals surface area contributed by atoms with Gasteiger partial charge in [0.1, 0.15) is 19.8 Å². The molecule has 0 aliphatic rings. The Kier molecular flexibility index (Phi) is 38.3. The average molecular weight is 870 g/mol. The Balaban J connectivity index is 4.54. The first-order chi connectivity index (χ1) is 28.8. The van der Waals surface area contributed by atoms with Crippen molar-refractivity contribution in [1.29, 1.82) is 0 Å². The Morgan fingerprint density at radius 3 is 1.57 bits per heavy atom. The number of likely N-dealkylation sites (N-methyl/N-ethyl adjacent to an activating group) is 1. The van der Waals surface area contributed by atoms with Gasteiger partial charge < -0.3 is 38.1 Å². The number of nitrogens with zero attached hydrogens (tertiary/aromatic N) is 1. The fourth-order valence-electron chi connectivity index (χ4n) is 6.27. The third kappa shape index (κ3) is 41.3. The van der Waals surface area contributed by atoms with Crippen molar-refractivity contribution in [2.45, 2.75) is 199 Å². The summed E-state index contributed by atoms with van der Waals surface area (Å²) >= 11 is 0. The van der Waals surface area contributed by atoms with Gasteiger partial charge in [0.2, 0.25) is 0 Å². The number of unbranched alkanes of at least 4 members (excludes halogenated alkanes) is 16. The molecule has 0 fully saturated rings. The summed E-state index contributed by atoms with van der Waals surface area (Å²) in [6.45, 7) is 3.78. The van der Waals surface area contributed by atoms with Crippen molar-refractivity contribution >= 4 is 19.8 Å². The summed E-state index contributed by atoms with van der Waals surface area (Å²) in [5.74, 6) is -1.12. The van der Waals surface area contributed by atoms with Crippen LogP contribution in [-0.2, 0) is 32.7 Å². The van der Waals surface area contributed by atoms with Gasteiger partial charge in [0.15, 0.2) is 6.10 Å². The first-order valence-electron chi connectivity index (χ1n) is 23.5. The number of carbonyl (C=O) groups excluding carboxylic acids is 2. The first kappa shape index (κ1) is 57.9. The molecule has 0 saturated heterocycles. The van der Waals surface area contributed by atoms with E-state index in [4.69, 9.17) is 18.5 Å². The Morgan fingerprint density at radius 2 is 1.07 bits per heavy atom. The summed E-state index contributed by atoms with van der Waals surface area (Å²) in [6, 6.07) is 0. The Morgan fingerprint density at radius 1 is 0.600 bits per heavy atom. The van der Waals surface area contributed by atoms with Crippen LogP contribution in [0.5, 0.6) is 0 Å². The minimum absolute atomic E-state index is 0.0838. The number of aliphatic hydroxyl groups is 2. The quantitative estimate of drug-likeness (QED) is 0.0199. The van der Waals surface area contributed by atoms with Gasteiger partial charge in [-0.2, -0.15) is 0 Å². The molecule has 0 heterocycles. The topological polar surface area (TPSA) is 152 Å². The van der Waals surface area contributed by atoms with Gasteiger partial charge in [0.05, 0.1) is 40.0 Å². The molecule has 4 atom stereocenters. The van der Waals surface area contributed by atoms with Gasteiger partial charge in [0, 0.05) is 12.8 Å². The number of rotatable bonds is 42. The summed E-state index contributed by atoms with van der Waals surface area (Å²) in [4.78, 5) is 37.7. The molecule has 0 spiro atoms. The van der Waals surface area contributed by atoms with E-state index < -0.39 is 44.7 Å². The molecule has 12 heteroatoms. The zero-order chi connectivity index (χ0) is 44.6. The second kappa shape index (κ2) is 39.7. The van der Waals surface area contributed by atoms with Crippen molar-refractivity contribution in [2.75, 3.05) is 47.5 Å². The zero-order valence-electron chi connectivity index (χ0n) is 38.6. The smallest absolute Gasteiger partial charge is 0.306 e. The van der Waals surface area contributed by atoms with Gasteiger partial charge in [0.25, 0.3) is 7.82 Å². The molecule has 0 bridgehead atoms. The second-order valence-electron chi connectivity index (χ2n) is 17.1. The summed E-state index contributed by atoms with van der Waals surface area (Å²) in [6.07, 6.45) is 38.8. The molecule has 0 radical (unpaired) electrons. The van der Waals surface area contributed by atoms with Crippen LogP contribution < -0.4 is 4.89 Å². The van der Waals surface area contributed by atoms with Gasteiger partial charge >= 0.3 is 11.9 Å². The van der Waals surface area contributed by atoms with Crippen LogP contribution in [0, 0.1) is 0 Å². The van der Waals surface area contributed by atoms with Crippen LogP contribution in [0.25, 0.3) is 0 Å². The fourth-order valence-corrected chi connectivity index (χ4v) is 7.00. The molecule has 60 heavy (non-hydrogen) atoms. The highest BCUT2D eigenvalue weighted by molar-refractivity contribution is 7.45. The van der Waals surface area contributed by atoms with Crippen LogP contribution >= 0.6 is 7.82 Å². The van der Waals surface area contributed by atoms with Gasteiger partial charge in [-0.05, 0) is 51.4 Å². The number of phosphoric ester groups is 1. The van der Waals surface area contributed by atoms with E-state index in [-0.39, 0.29) is 45.3 Å². The summed E-state index contributed by atoms with van der Waals surface area (Å²) in [5, 5.41) is 20.8. The molecule has 0 aromatic heterocycles.